The van der Waals surface area contributed by atoms with Crippen LogP contribution >= 0.6 is 0 Å². The fraction of sp³-hybridized carbons (Fsp3) is 0.438. The standard InChI is InChI=1S/C32H38N2O4/c1-23(34-21-20-32(38-30(34)35,22-31(2,3)36)26-10-5-4-6-11-26)24-16-18-25(19-17-24)28-14-9-15-29(33-28)37-27-12-7-8-13-27/h4-6,9-11,14-19,23,27,36H,7-8,12-13,20-22H2,1-3H3/t23-,32-/m0/s1. The van der Waals surface area contributed by atoms with Crippen LogP contribution in [0.25, 0.3) is 11.3 Å². The second-order valence-corrected chi connectivity index (χ2v) is 11.3. The molecule has 0 unspecified atom stereocenters. The quantitative estimate of drug-likeness (QED) is 0.349. The van der Waals surface area contributed by atoms with Crippen molar-refractivity contribution >= 4 is 6.09 Å². The molecule has 1 saturated carbocycles. The molecular formula is C32H38N2O4. The average molecular weight is 515 g/mol. The summed E-state index contributed by atoms with van der Waals surface area (Å²) in [6, 6.07) is 23.7. The summed E-state index contributed by atoms with van der Waals surface area (Å²) in [6.45, 7) is 6.08. The number of ether oxygens (including phenoxy) is 2. The van der Waals surface area contributed by atoms with Crippen molar-refractivity contribution in [2.24, 2.45) is 0 Å². The Morgan fingerprint density at radius 2 is 1.76 bits per heavy atom. The lowest BCUT2D eigenvalue weighted by Crippen LogP contribution is -2.51. The summed E-state index contributed by atoms with van der Waals surface area (Å²) in [5.41, 5.74) is 1.99. The van der Waals surface area contributed by atoms with Crippen LogP contribution in [0.2, 0.25) is 0 Å². The van der Waals surface area contributed by atoms with Crippen LogP contribution in [0.3, 0.4) is 0 Å². The number of aromatic nitrogens is 1. The molecule has 200 valence electrons. The van der Waals surface area contributed by atoms with Crippen molar-refractivity contribution in [1.29, 1.82) is 0 Å². The van der Waals surface area contributed by atoms with Crippen molar-refractivity contribution in [3.8, 4) is 17.1 Å². The molecule has 0 radical (unpaired) electrons. The maximum Gasteiger partial charge on any atom is 0.411 e. The lowest BCUT2D eigenvalue weighted by Gasteiger charge is -2.45. The Kier molecular flexibility index (Phi) is 7.44. The van der Waals surface area contributed by atoms with Gasteiger partial charge < -0.3 is 19.5 Å². The molecule has 2 heterocycles. The fourth-order valence-electron chi connectivity index (χ4n) is 5.82. The SMILES string of the molecule is C[C@@H](c1ccc(-c2cccc(OC3CCCC3)n2)cc1)N1CC[C@](CC(C)(C)O)(c2ccccc2)OC1=O. The fourth-order valence-corrected chi connectivity index (χ4v) is 5.82. The summed E-state index contributed by atoms with van der Waals surface area (Å²) in [4.78, 5) is 19.9. The predicted molar refractivity (Wildman–Crippen MR) is 148 cm³/mol. The van der Waals surface area contributed by atoms with Crippen LogP contribution in [-0.2, 0) is 10.3 Å². The first kappa shape index (κ1) is 26.2. The maximum absolute atomic E-state index is 13.3. The minimum atomic E-state index is -0.979. The number of benzene rings is 2. The van der Waals surface area contributed by atoms with Crippen molar-refractivity contribution in [2.45, 2.75) is 82.6 Å². The zero-order chi connectivity index (χ0) is 26.8. The Labute approximate surface area is 225 Å². The highest BCUT2D eigenvalue weighted by atomic mass is 16.6. The molecule has 6 nitrogen and oxygen atoms in total. The molecule has 1 N–H and O–H groups in total. The van der Waals surface area contributed by atoms with E-state index >= 15 is 0 Å². The molecule has 1 aliphatic carbocycles. The Hall–Kier alpha value is -3.38. The number of carbonyl (C=O) groups excluding carboxylic acids is 1. The van der Waals surface area contributed by atoms with Gasteiger partial charge in [0, 0.05) is 31.0 Å². The second-order valence-electron chi connectivity index (χ2n) is 11.3. The van der Waals surface area contributed by atoms with Gasteiger partial charge in [0.15, 0.2) is 0 Å². The van der Waals surface area contributed by atoms with E-state index in [1.165, 1.54) is 12.8 Å². The smallest absolute Gasteiger partial charge is 0.411 e. The molecule has 2 fully saturated rings. The minimum Gasteiger partial charge on any atom is -0.474 e. The van der Waals surface area contributed by atoms with Gasteiger partial charge in [-0.15, -0.1) is 0 Å². The van der Waals surface area contributed by atoms with E-state index in [9.17, 15) is 9.90 Å². The number of aliphatic hydroxyl groups is 1. The van der Waals surface area contributed by atoms with Crippen LogP contribution in [0, 0.1) is 0 Å². The molecule has 2 atom stereocenters. The van der Waals surface area contributed by atoms with E-state index in [-0.39, 0.29) is 18.2 Å². The number of hydrogen-bond acceptors (Lipinski definition) is 5. The normalized spacial score (nSPS) is 21.3. The van der Waals surface area contributed by atoms with Crippen LogP contribution in [0.15, 0.2) is 72.8 Å². The monoisotopic (exact) mass is 514 g/mol. The van der Waals surface area contributed by atoms with Gasteiger partial charge in [-0.1, -0.05) is 60.7 Å². The first-order chi connectivity index (χ1) is 18.2. The summed E-state index contributed by atoms with van der Waals surface area (Å²) in [5.74, 6) is 0.677. The predicted octanol–water partition coefficient (Wildman–Crippen LogP) is 7.03. The molecule has 0 spiro atoms. The van der Waals surface area contributed by atoms with Crippen molar-refractivity contribution in [3.63, 3.8) is 0 Å². The van der Waals surface area contributed by atoms with Crippen LogP contribution in [0.1, 0.15) is 76.5 Å². The number of pyridine rings is 1. The molecule has 2 aromatic carbocycles. The summed E-state index contributed by atoms with van der Waals surface area (Å²) >= 11 is 0. The summed E-state index contributed by atoms with van der Waals surface area (Å²) in [6.07, 6.45) is 5.50. The van der Waals surface area contributed by atoms with Crippen LogP contribution in [0.5, 0.6) is 5.88 Å². The highest BCUT2D eigenvalue weighted by molar-refractivity contribution is 5.70. The number of carbonyl (C=O) groups is 1. The van der Waals surface area contributed by atoms with Gasteiger partial charge >= 0.3 is 6.09 Å². The van der Waals surface area contributed by atoms with E-state index in [2.05, 4.69) is 12.1 Å². The van der Waals surface area contributed by atoms with E-state index in [0.29, 0.717) is 25.3 Å². The van der Waals surface area contributed by atoms with Crippen molar-refractivity contribution in [2.75, 3.05) is 6.54 Å². The van der Waals surface area contributed by atoms with Gasteiger partial charge in [-0.3, -0.25) is 0 Å². The molecule has 0 bridgehead atoms. The van der Waals surface area contributed by atoms with Crippen LogP contribution < -0.4 is 4.74 Å². The first-order valence-corrected chi connectivity index (χ1v) is 13.7. The largest absolute Gasteiger partial charge is 0.474 e. The van der Waals surface area contributed by atoms with E-state index < -0.39 is 11.2 Å². The number of amides is 1. The molecule has 1 amide bonds. The first-order valence-electron chi connectivity index (χ1n) is 13.7. The van der Waals surface area contributed by atoms with E-state index in [1.807, 2.05) is 67.6 Å². The van der Waals surface area contributed by atoms with Gasteiger partial charge in [0.25, 0.3) is 0 Å². The lowest BCUT2D eigenvalue weighted by molar-refractivity contribution is -0.101. The van der Waals surface area contributed by atoms with Gasteiger partial charge in [-0.05, 0) is 63.6 Å². The van der Waals surface area contributed by atoms with Gasteiger partial charge in [0.1, 0.15) is 11.7 Å². The number of rotatable bonds is 8. The van der Waals surface area contributed by atoms with Gasteiger partial charge in [0.05, 0.1) is 17.3 Å². The van der Waals surface area contributed by atoms with Crippen molar-refractivity contribution < 1.29 is 19.4 Å². The lowest BCUT2D eigenvalue weighted by atomic mass is 9.80. The third-order valence-electron chi connectivity index (χ3n) is 7.76. The zero-order valence-electron chi connectivity index (χ0n) is 22.6. The molecule has 2 aliphatic rings. The number of nitrogens with zero attached hydrogens (tertiary/aromatic N) is 2. The number of hydrogen-bond donors (Lipinski definition) is 1. The Balaban J connectivity index is 1.29. The van der Waals surface area contributed by atoms with E-state index in [4.69, 9.17) is 14.5 Å². The molecule has 1 aliphatic heterocycles. The summed E-state index contributed by atoms with van der Waals surface area (Å²) in [7, 11) is 0. The van der Waals surface area contributed by atoms with Gasteiger partial charge in [0.2, 0.25) is 5.88 Å². The van der Waals surface area contributed by atoms with Crippen molar-refractivity contribution in [1.82, 2.24) is 9.88 Å². The molecular weight excluding hydrogens is 476 g/mol. The Morgan fingerprint density at radius 3 is 2.42 bits per heavy atom. The van der Waals surface area contributed by atoms with Gasteiger partial charge in [-0.25, -0.2) is 9.78 Å². The summed E-state index contributed by atoms with van der Waals surface area (Å²) < 4.78 is 12.2. The third-order valence-corrected chi connectivity index (χ3v) is 7.76. The second kappa shape index (κ2) is 10.8. The summed E-state index contributed by atoms with van der Waals surface area (Å²) in [5, 5.41) is 10.6. The Bertz CT molecular complexity index is 1230. The molecule has 1 saturated heterocycles. The van der Waals surface area contributed by atoms with E-state index in [1.54, 1.807) is 18.7 Å². The molecule has 38 heavy (non-hydrogen) atoms. The highest BCUT2D eigenvalue weighted by Crippen LogP contribution is 2.42. The average Bonchev–Trinajstić information content (AvgIpc) is 3.41. The molecule has 3 aromatic rings. The van der Waals surface area contributed by atoms with Crippen LogP contribution in [0.4, 0.5) is 4.79 Å². The maximum atomic E-state index is 13.3. The third kappa shape index (κ3) is 5.86. The van der Waals surface area contributed by atoms with Crippen LogP contribution in [-0.4, -0.2) is 39.3 Å². The molecule has 5 rings (SSSR count). The van der Waals surface area contributed by atoms with E-state index in [0.717, 1.165) is 35.2 Å². The number of cyclic esters (lactones) is 1. The molecule has 1 aromatic heterocycles. The van der Waals surface area contributed by atoms with Crippen molar-refractivity contribution in [3.05, 3.63) is 83.9 Å². The topological polar surface area (TPSA) is 71.9 Å². The highest BCUT2D eigenvalue weighted by Gasteiger charge is 2.46. The van der Waals surface area contributed by atoms with Gasteiger partial charge in [-0.2, -0.15) is 0 Å². The Morgan fingerprint density at radius 1 is 1.05 bits per heavy atom. The minimum absolute atomic E-state index is 0.155. The zero-order valence-corrected chi connectivity index (χ0v) is 22.6. The molecule has 6 heteroatoms.